The standard InChI is InChI=1S/C17H24N2O4S/c1-4-13-5-7-14(8-6-13)12(2)18-16(20)17(21)19(3)15-9-10-24(22,23)11-15/h5-8,12,15H,4,9-11H2,1-3H3,(H,18,20). The third kappa shape index (κ3) is 4.35. The van der Waals surface area contributed by atoms with Crippen molar-refractivity contribution in [3.05, 3.63) is 35.4 Å². The molecule has 1 aromatic rings. The van der Waals surface area contributed by atoms with Gasteiger partial charge < -0.3 is 10.2 Å². The fraction of sp³-hybridized carbons (Fsp3) is 0.529. The molecule has 0 aliphatic carbocycles. The lowest BCUT2D eigenvalue weighted by molar-refractivity contribution is -0.146. The highest BCUT2D eigenvalue weighted by atomic mass is 32.2. The van der Waals surface area contributed by atoms with Gasteiger partial charge in [0.25, 0.3) is 0 Å². The Morgan fingerprint density at radius 1 is 1.29 bits per heavy atom. The van der Waals surface area contributed by atoms with Crippen LogP contribution in [0.4, 0.5) is 0 Å². The number of carbonyl (C=O) groups excluding carboxylic acids is 2. The molecule has 0 aromatic heterocycles. The number of nitrogens with one attached hydrogen (secondary N) is 1. The number of sulfone groups is 1. The zero-order valence-corrected chi connectivity index (χ0v) is 15.1. The van der Waals surface area contributed by atoms with E-state index in [0.29, 0.717) is 6.42 Å². The highest BCUT2D eigenvalue weighted by Gasteiger charge is 2.34. The molecule has 1 heterocycles. The average molecular weight is 352 g/mol. The van der Waals surface area contributed by atoms with Crippen molar-refractivity contribution in [1.82, 2.24) is 10.2 Å². The van der Waals surface area contributed by atoms with E-state index < -0.39 is 27.7 Å². The van der Waals surface area contributed by atoms with Crippen LogP contribution in [0.25, 0.3) is 0 Å². The summed E-state index contributed by atoms with van der Waals surface area (Å²) in [6.45, 7) is 3.88. The van der Waals surface area contributed by atoms with Gasteiger partial charge in [-0.25, -0.2) is 8.42 Å². The molecule has 132 valence electrons. The van der Waals surface area contributed by atoms with Gasteiger partial charge >= 0.3 is 11.8 Å². The average Bonchev–Trinajstić information content (AvgIpc) is 2.93. The van der Waals surface area contributed by atoms with Gasteiger partial charge in [0.2, 0.25) is 0 Å². The molecule has 0 radical (unpaired) electrons. The molecule has 1 saturated heterocycles. The molecule has 0 saturated carbocycles. The van der Waals surface area contributed by atoms with Gasteiger partial charge in [0, 0.05) is 13.1 Å². The minimum Gasteiger partial charge on any atom is -0.341 e. The number of hydrogen-bond donors (Lipinski definition) is 1. The second-order valence-electron chi connectivity index (χ2n) is 6.26. The number of hydrogen-bond acceptors (Lipinski definition) is 4. The first-order valence-corrected chi connectivity index (χ1v) is 9.92. The number of rotatable bonds is 4. The summed E-state index contributed by atoms with van der Waals surface area (Å²) < 4.78 is 23.0. The summed E-state index contributed by atoms with van der Waals surface area (Å²) in [5.41, 5.74) is 2.12. The minimum absolute atomic E-state index is 0.0666. The van der Waals surface area contributed by atoms with Crippen LogP contribution in [-0.2, 0) is 25.8 Å². The van der Waals surface area contributed by atoms with Gasteiger partial charge in [-0.1, -0.05) is 31.2 Å². The lowest BCUT2D eigenvalue weighted by Crippen LogP contribution is -2.46. The van der Waals surface area contributed by atoms with E-state index >= 15 is 0 Å². The summed E-state index contributed by atoms with van der Waals surface area (Å²) in [6.07, 6.45) is 1.32. The Hall–Kier alpha value is -1.89. The summed E-state index contributed by atoms with van der Waals surface area (Å²) in [5.74, 6) is -1.42. The van der Waals surface area contributed by atoms with E-state index in [-0.39, 0.29) is 17.5 Å². The van der Waals surface area contributed by atoms with E-state index in [1.807, 2.05) is 31.2 Å². The van der Waals surface area contributed by atoms with Crippen LogP contribution >= 0.6 is 0 Å². The van der Waals surface area contributed by atoms with Gasteiger partial charge in [0.05, 0.1) is 17.5 Å². The third-order valence-corrected chi connectivity index (χ3v) is 6.26. The Balaban J connectivity index is 1.96. The fourth-order valence-electron chi connectivity index (χ4n) is 2.79. The molecule has 1 N–H and O–H groups in total. The topological polar surface area (TPSA) is 83.6 Å². The second-order valence-corrected chi connectivity index (χ2v) is 8.49. The smallest absolute Gasteiger partial charge is 0.311 e. The second kappa shape index (κ2) is 7.34. The lowest BCUT2D eigenvalue weighted by atomic mass is 10.0. The molecule has 2 rings (SSSR count). The summed E-state index contributed by atoms with van der Waals surface area (Å²) >= 11 is 0. The van der Waals surface area contributed by atoms with Crippen LogP contribution in [0.3, 0.4) is 0 Å². The Labute approximate surface area is 143 Å². The lowest BCUT2D eigenvalue weighted by Gasteiger charge is -2.23. The number of benzene rings is 1. The number of amides is 2. The summed E-state index contributed by atoms with van der Waals surface area (Å²) in [5, 5.41) is 2.68. The molecule has 0 spiro atoms. The molecule has 7 heteroatoms. The summed E-state index contributed by atoms with van der Waals surface area (Å²) in [6, 6.07) is 7.13. The van der Waals surface area contributed by atoms with Crippen molar-refractivity contribution in [3.63, 3.8) is 0 Å². The molecule has 24 heavy (non-hydrogen) atoms. The summed E-state index contributed by atoms with van der Waals surface area (Å²) in [7, 11) is -1.62. The Kier molecular flexibility index (Phi) is 5.64. The number of carbonyl (C=O) groups is 2. The first-order valence-electron chi connectivity index (χ1n) is 8.10. The number of aryl methyl sites for hydroxylation is 1. The van der Waals surface area contributed by atoms with Gasteiger partial charge in [0.15, 0.2) is 9.84 Å². The molecule has 1 fully saturated rings. The number of nitrogens with zero attached hydrogens (tertiary/aromatic N) is 1. The highest BCUT2D eigenvalue weighted by molar-refractivity contribution is 7.91. The fourth-order valence-corrected chi connectivity index (χ4v) is 4.56. The predicted octanol–water partition coefficient (Wildman–Crippen LogP) is 1.07. The van der Waals surface area contributed by atoms with Crippen LogP contribution < -0.4 is 5.32 Å². The molecule has 1 aliphatic rings. The molecule has 1 aliphatic heterocycles. The summed E-state index contributed by atoms with van der Waals surface area (Å²) in [4.78, 5) is 25.6. The van der Waals surface area contributed by atoms with Crippen molar-refractivity contribution in [1.29, 1.82) is 0 Å². The zero-order chi connectivity index (χ0) is 17.9. The maximum Gasteiger partial charge on any atom is 0.311 e. The quantitative estimate of drug-likeness (QED) is 0.822. The van der Waals surface area contributed by atoms with Gasteiger partial charge in [-0.15, -0.1) is 0 Å². The van der Waals surface area contributed by atoms with E-state index in [1.54, 1.807) is 0 Å². The molecule has 6 nitrogen and oxygen atoms in total. The molecule has 2 unspecified atom stereocenters. The Morgan fingerprint density at radius 2 is 1.92 bits per heavy atom. The molecule has 2 atom stereocenters. The zero-order valence-electron chi connectivity index (χ0n) is 14.3. The largest absolute Gasteiger partial charge is 0.341 e. The van der Waals surface area contributed by atoms with Crippen LogP contribution in [0, 0.1) is 0 Å². The van der Waals surface area contributed by atoms with Gasteiger partial charge in [-0.2, -0.15) is 0 Å². The van der Waals surface area contributed by atoms with Crippen LogP contribution in [-0.4, -0.2) is 49.7 Å². The monoisotopic (exact) mass is 352 g/mol. The van der Waals surface area contributed by atoms with Crippen LogP contribution in [0.1, 0.15) is 37.4 Å². The molecular formula is C17H24N2O4S. The van der Waals surface area contributed by atoms with Crippen molar-refractivity contribution in [2.75, 3.05) is 18.6 Å². The Morgan fingerprint density at radius 3 is 2.42 bits per heavy atom. The van der Waals surface area contributed by atoms with Gasteiger partial charge in [-0.3, -0.25) is 9.59 Å². The molecule has 0 bridgehead atoms. The normalized spacial score (nSPS) is 20.4. The number of likely N-dealkylation sites (N-methyl/N-ethyl adjacent to an activating group) is 1. The SMILES string of the molecule is CCc1ccc(C(C)NC(=O)C(=O)N(C)C2CCS(=O)(=O)C2)cc1. The van der Waals surface area contributed by atoms with Crippen molar-refractivity contribution >= 4 is 21.7 Å². The maximum absolute atomic E-state index is 12.2. The molecule has 1 aromatic carbocycles. The van der Waals surface area contributed by atoms with Crippen molar-refractivity contribution < 1.29 is 18.0 Å². The molecular weight excluding hydrogens is 328 g/mol. The van der Waals surface area contributed by atoms with Crippen molar-refractivity contribution in [2.24, 2.45) is 0 Å². The maximum atomic E-state index is 12.2. The van der Waals surface area contributed by atoms with E-state index in [2.05, 4.69) is 12.2 Å². The first-order chi connectivity index (χ1) is 11.2. The molecule has 2 amide bonds. The van der Waals surface area contributed by atoms with E-state index in [1.165, 1.54) is 17.5 Å². The van der Waals surface area contributed by atoms with Crippen LogP contribution in [0.2, 0.25) is 0 Å². The van der Waals surface area contributed by atoms with Crippen LogP contribution in [0.5, 0.6) is 0 Å². The third-order valence-electron chi connectivity index (χ3n) is 4.51. The minimum atomic E-state index is -3.10. The van der Waals surface area contributed by atoms with Gasteiger partial charge in [0.1, 0.15) is 0 Å². The van der Waals surface area contributed by atoms with Crippen LogP contribution in [0.15, 0.2) is 24.3 Å². The van der Waals surface area contributed by atoms with E-state index in [9.17, 15) is 18.0 Å². The van der Waals surface area contributed by atoms with Crippen molar-refractivity contribution in [2.45, 2.75) is 38.8 Å². The van der Waals surface area contributed by atoms with Gasteiger partial charge in [-0.05, 0) is 30.9 Å². The first kappa shape index (κ1) is 18.4. The Bertz CT molecular complexity index is 713. The van der Waals surface area contributed by atoms with Crippen molar-refractivity contribution in [3.8, 4) is 0 Å². The van der Waals surface area contributed by atoms with E-state index in [0.717, 1.165) is 12.0 Å². The predicted molar refractivity (Wildman–Crippen MR) is 92.2 cm³/mol. The highest BCUT2D eigenvalue weighted by Crippen LogP contribution is 2.17. The van der Waals surface area contributed by atoms with E-state index in [4.69, 9.17) is 0 Å².